The Bertz CT molecular complexity index is 990. The summed E-state index contributed by atoms with van der Waals surface area (Å²) in [5.74, 6) is 5.86. The van der Waals surface area contributed by atoms with Crippen LogP contribution in [0.4, 0.5) is 0 Å². The second kappa shape index (κ2) is 7.85. The molecule has 2 atom stereocenters. The normalized spacial score (nSPS) is 13.5. The number of phenols is 1. The van der Waals surface area contributed by atoms with Gasteiger partial charge < -0.3 is 15.3 Å². The number of aliphatic hydroxyl groups excluding tert-OH is 1. The monoisotopic (exact) mass is 377 g/mol. The molecule has 6 heteroatoms. The first-order valence-corrected chi connectivity index (χ1v) is 8.98. The maximum atomic E-state index is 10.6. The first-order chi connectivity index (χ1) is 13.2. The standard InChI is InChI=1S/C22H23N3O3/c1-15(21(27)18-8-10-19(26)11-9-18)25-14-20(23-24-25)17-6-4-16(5-7-17)12-13-22(2,3)28/h4-11,14-15,21,26-28H,1-3H3/t15-,21-/m1/s1. The van der Waals surface area contributed by atoms with Crippen molar-refractivity contribution in [1.82, 2.24) is 15.0 Å². The lowest BCUT2D eigenvalue weighted by Crippen LogP contribution is -2.15. The van der Waals surface area contributed by atoms with Crippen molar-refractivity contribution >= 4 is 0 Å². The van der Waals surface area contributed by atoms with E-state index in [9.17, 15) is 15.3 Å². The summed E-state index contributed by atoms with van der Waals surface area (Å²) in [4.78, 5) is 0. The topological polar surface area (TPSA) is 91.4 Å². The van der Waals surface area contributed by atoms with E-state index in [-0.39, 0.29) is 11.8 Å². The third-order valence-corrected chi connectivity index (χ3v) is 4.31. The van der Waals surface area contributed by atoms with Crippen molar-refractivity contribution in [3.63, 3.8) is 0 Å². The molecule has 1 heterocycles. The number of aromatic nitrogens is 3. The molecule has 0 radical (unpaired) electrons. The second-order valence-electron chi connectivity index (χ2n) is 7.25. The number of hydrogen-bond donors (Lipinski definition) is 3. The highest BCUT2D eigenvalue weighted by atomic mass is 16.3. The van der Waals surface area contributed by atoms with Crippen LogP contribution in [-0.2, 0) is 0 Å². The number of rotatable bonds is 4. The van der Waals surface area contributed by atoms with E-state index >= 15 is 0 Å². The van der Waals surface area contributed by atoms with Crippen LogP contribution in [0, 0.1) is 11.8 Å². The molecule has 0 aliphatic rings. The number of benzene rings is 2. The summed E-state index contributed by atoms with van der Waals surface area (Å²) in [7, 11) is 0. The lowest BCUT2D eigenvalue weighted by atomic mass is 10.0. The molecule has 6 nitrogen and oxygen atoms in total. The second-order valence-corrected chi connectivity index (χ2v) is 7.25. The molecule has 0 saturated heterocycles. The van der Waals surface area contributed by atoms with Gasteiger partial charge in [0.1, 0.15) is 23.1 Å². The molecule has 144 valence electrons. The SMILES string of the molecule is C[C@H]([C@@H](O)c1ccc(O)cc1)n1cc(-c2ccc(C#CC(C)(C)O)cc2)nn1. The van der Waals surface area contributed by atoms with Crippen molar-refractivity contribution in [2.24, 2.45) is 0 Å². The minimum Gasteiger partial charge on any atom is -0.508 e. The number of aromatic hydroxyl groups is 1. The van der Waals surface area contributed by atoms with Gasteiger partial charge in [0.05, 0.1) is 12.2 Å². The van der Waals surface area contributed by atoms with E-state index in [0.717, 1.165) is 11.1 Å². The van der Waals surface area contributed by atoms with Crippen molar-refractivity contribution in [3.8, 4) is 28.8 Å². The summed E-state index contributed by atoms with van der Waals surface area (Å²) in [6.07, 6.45) is 1.00. The lowest BCUT2D eigenvalue weighted by Gasteiger charge is -2.19. The molecule has 0 aliphatic carbocycles. The van der Waals surface area contributed by atoms with Crippen LogP contribution in [0.25, 0.3) is 11.3 Å². The zero-order chi connectivity index (χ0) is 20.3. The van der Waals surface area contributed by atoms with Gasteiger partial charge in [0.15, 0.2) is 0 Å². The highest BCUT2D eigenvalue weighted by Crippen LogP contribution is 2.27. The van der Waals surface area contributed by atoms with Gasteiger partial charge in [-0.25, -0.2) is 4.68 Å². The van der Waals surface area contributed by atoms with Crippen molar-refractivity contribution in [1.29, 1.82) is 0 Å². The van der Waals surface area contributed by atoms with Gasteiger partial charge in [0.25, 0.3) is 0 Å². The summed E-state index contributed by atoms with van der Waals surface area (Å²) in [5.41, 5.74) is 2.03. The zero-order valence-corrected chi connectivity index (χ0v) is 16.0. The Labute approximate surface area is 164 Å². The molecule has 0 fully saturated rings. The maximum absolute atomic E-state index is 10.6. The summed E-state index contributed by atoms with van der Waals surface area (Å²) in [5, 5.41) is 38.0. The molecule has 0 amide bonds. The summed E-state index contributed by atoms with van der Waals surface area (Å²) < 4.78 is 1.62. The Morgan fingerprint density at radius 3 is 2.29 bits per heavy atom. The molecular formula is C22H23N3O3. The first-order valence-electron chi connectivity index (χ1n) is 8.98. The van der Waals surface area contributed by atoms with Crippen LogP contribution in [0.5, 0.6) is 5.75 Å². The molecule has 0 unspecified atom stereocenters. The Balaban J connectivity index is 1.76. The number of phenolic OH excluding ortho intramolecular Hbond substituents is 1. The van der Waals surface area contributed by atoms with Gasteiger partial charge >= 0.3 is 0 Å². The first kappa shape index (κ1) is 19.6. The molecule has 2 aromatic carbocycles. The molecular weight excluding hydrogens is 354 g/mol. The quantitative estimate of drug-likeness (QED) is 0.608. The molecule has 1 aromatic heterocycles. The van der Waals surface area contributed by atoms with Crippen molar-refractivity contribution in [2.75, 3.05) is 0 Å². The lowest BCUT2D eigenvalue weighted by molar-refractivity contribution is 0.114. The van der Waals surface area contributed by atoms with E-state index in [1.165, 1.54) is 0 Å². The molecule has 0 spiro atoms. The van der Waals surface area contributed by atoms with Gasteiger partial charge in [-0.1, -0.05) is 41.3 Å². The van der Waals surface area contributed by atoms with Crippen LogP contribution in [-0.4, -0.2) is 35.9 Å². The fourth-order valence-corrected chi connectivity index (χ4v) is 2.65. The summed E-state index contributed by atoms with van der Waals surface area (Å²) in [6, 6.07) is 13.6. The van der Waals surface area contributed by atoms with E-state index < -0.39 is 11.7 Å². The summed E-state index contributed by atoms with van der Waals surface area (Å²) in [6.45, 7) is 5.13. The fourth-order valence-electron chi connectivity index (χ4n) is 2.65. The predicted octanol–water partition coefficient (Wildman–Crippen LogP) is 3.07. The van der Waals surface area contributed by atoms with Crippen LogP contribution >= 0.6 is 0 Å². The van der Waals surface area contributed by atoms with Crippen LogP contribution < -0.4 is 0 Å². The highest BCUT2D eigenvalue weighted by Gasteiger charge is 2.20. The predicted molar refractivity (Wildman–Crippen MR) is 106 cm³/mol. The fraction of sp³-hybridized carbons (Fsp3) is 0.273. The van der Waals surface area contributed by atoms with Gasteiger partial charge in [-0.15, -0.1) is 5.10 Å². The van der Waals surface area contributed by atoms with Gasteiger partial charge in [-0.05, 0) is 50.6 Å². The summed E-state index contributed by atoms with van der Waals surface area (Å²) >= 11 is 0. The smallest absolute Gasteiger partial charge is 0.120 e. The van der Waals surface area contributed by atoms with Crippen molar-refractivity contribution in [3.05, 3.63) is 65.9 Å². The zero-order valence-electron chi connectivity index (χ0n) is 16.0. The maximum Gasteiger partial charge on any atom is 0.120 e. The van der Waals surface area contributed by atoms with E-state index in [1.807, 2.05) is 31.2 Å². The van der Waals surface area contributed by atoms with Crippen LogP contribution in [0.3, 0.4) is 0 Å². The van der Waals surface area contributed by atoms with E-state index in [4.69, 9.17) is 0 Å². The number of nitrogens with zero attached hydrogens (tertiary/aromatic N) is 3. The molecule has 3 N–H and O–H groups in total. The van der Waals surface area contributed by atoms with Crippen molar-refractivity contribution < 1.29 is 15.3 Å². The van der Waals surface area contributed by atoms with E-state index in [2.05, 4.69) is 22.2 Å². The van der Waals surface area contributed by atoms with Gasteiger partial charge in [0, 0.05) is 11.1 Å². The molecule has 28 heavy (non-hydrogen) atoms. The average molecular weight is 377 g/mol. The van der Waals surface area contributed by atoms with Crippen LogP contribution in [0.1, 0.15) is 44.0 Å². The van der Waals surface area contributed by atoms with Gasteiger partial charge in [-0.2, -0.15) is 0 Å². The number of hydrogen-bond acceptors (Lipinski definition) is 5. The van der Waals surface area contributed by atoms with Gasteiger partial charge in [0.2, 0.25) is 0 Å². The van der Waals surface area contributed by atoms with Crippen molar-refractivity contribution in [2.45, 2.75) is 38.5 Å². The third kappa shape index (κ3) is 4.77. The average Bonchev–Trinajstić information content (AvgIpc) is 3.16. The largest absolute Gasteiger partial charge is 0.508 e. The van der Waals surface area contributed by atoms with Gasteiger partial charge in [-0.3, -0.25) is 0 Å². The molecule has 3 aromatic rings. The minimum atomic E-state index is -1.03. The Hall–Kier alpha value is -3.14. The highest BCUT2D eigenvalue weighted by molar-refractivity contribution is 5.59. The number of aliphatic hydroxyl groups is 2. The Kier molecular flexibility index (Phi) is 5.50. The molecule has 0 saturated carbocycles. The molecule has 3 rings (SSSR count). The minimum absolute atomic E-state index is 0.155. The third-order valence-electron chi connectivity index (χ3n) is 4.31. The Morgan fingerprint density at radius 1 is 1.04 bits per heavy atom. The van der Waals surface area contributed by atoms with Crippen LogP contribution in [0.15, 0.2) is 54.7 Å². The molecule has 0 bridgehead atoms. The van der Waals surface area contributed by atoms with E-state index in [1.54, 1.807) is 49.0 Å². The Morgan fingerprint density at radius 2 is 1.68 bits per heavy atom. The molecule has 0 aliphatic heterocycles. The van der Waals surface area contributed by atoms with Crippen LogP contribution in [0.2, 0.25) is 0 Å². The van der Waals surface area contributed by atoms with E-state index in [0.29, 0.717) is 11.3 Å².